The molecule has 0 aliphatic rings. The highest BCUT2D eigenvalue weighted by Crippen LogP contribution is 2.12. The highest BCUT2D eigenvalue weighted by molar-refractivity contribution is 6.31. The SMILES string of the molecule is CCCn1ncc(C=O)c1Cl. The maximum absolute atomic E-state index is 10.3. The molecule has 0 unspecified atom stereocenters. The molecule has 4 heteroatoms. The summed E-state index contributed by atoms with van der Waals surface area (Å²) in [6.07, 6.45) is 3.15. The summed E-state index contributed by atoms with van der Waals surface area (Å²) in [5, 5.41) is 4.36. The van der Waals surface area contributed by atoms with Gasteiger partial charge in [0.05, 0.1) is 11.8 Å². The second kappa shape index (κ2) is 3.53. The Balaban J connectivity index is 2.90. The van der Waals surface area contributed by atoms with E-state index in [4.69, 9.17) is 11.6 Å². The topological polar surface area (TPSA) is 34.9 Å². The predicted octanol–water partition coefficient (Wildman–Crippen LogP) is 1.76. The summed E-state index contributed by atoms with van der Waals surface area (Å²) >= 11 is 5.77. The van der Waals surface area contributed by atoms with Gasteiger partial charge in [-0.2, -0.15) is 5.10 Å². The van der Waals surface area contributed by atoms with Gasteiger partial charge < -0.3 is 0 Å². The van der Waals surface area contributed by atoms with E-state index in [2.05, 4.69) is 5.10 Å². The van der Waals surface area contributed by atoms with Gasteiger partial charge in [-0.3, -0.25) is 9.48 Å². The second-order valence-corrected chi connectivity index (χ2v) is 2.59. The molecule has 0 aliphatic carbocycles. The molecule has 3 nitrogen and oxygen atoms in total. The molecule has 0 atom stereocenters. The van der Waals surface area contributed by atoms with E-state index in [9.17, 15) is 4.79 Å². The van der Waals surface area contributed by atoms with Crippen LogP contribution in [0.4, 0.5) is 0 Å². The molecule has 0 aromatic carbocycles. The third-order valence-corrected chi connectivity index (χ3v) is 1.78. The maximum atomic E-state index is 10.3. The highest BCUT2D eigenvalue weighted by atomic mass is 35.5. The van der Waals surface area contributed by atoms with Crippen molar-refractivity contribution in [3.63, 3.8) is 0 Å². The van der Waals surface area contributed by atoms with Gasteiger partial charge in [0.15, 0.2) is 6.29 Å². The number of aromatic nitrogens is 2. The summed E-state index contributed by atoms with van der Waals surface area (Å²) < 4.78 is 1.62. The zero-order valence-corrected chi connectivity index (χ0v) is 7.01. The first-order valence-electron chi connectivity index (χ1n) is 3.46. The summed E-state index contributed by atoms with van der Waals surface area (Å²) in [7, 11) is 0. The fourth-order valence-electron chi connectivity index (χ4n) is 0.832. The van der Waals surface area contributed by atoms with Crippen molar-refractivity contribution in [3.8, 4) is 0 Å². The maximum Gasteiger partial charge on any atom is 0.154 e. The Morgan fingerprint density at radius 1 is 1.82 bits per heavy atom. The largest absolute Gasteiger partial charge is 0.298 e. The molecule has 1 aromatic heterocycles. The predicted molar refractivity (Wildman–Crippen MR) is 42.9 cm³/mol. The molecule has 0 N–H and O–H groups in total. The first-order valence-corrected chi connectivity index (χ1v) is 3.84. The highest BCUT2D eigenvalue weighted by Gasteiger charge is 2.05. The summed E-state index contributed by atoms with van der Waals surface area (Å²) in [5.74, 6) is 0. The molecular weight excluding hydrogens is 164 g/mol. The number of hydrogen-bond donors (Lipinski definition) is 0. The van der Waals surface area contributed by atoms with Gasteiger partial charge in [-0.1, -0.05) is 18.5 Å². The fourth-order valence-corrected chi connectivity index (χ4v) is 1.05. The van der Waals surface area contributed by atoms with Crippen molar-refractivity contribution in [2.75, 3.05) is 0 Å². The summed E-state index contributed by atoms with van der Waals surface area (Å²) in [5.41, 5.74) is 0.458. The number of carbonyl (C=O) groups excluding carboxylic acids is 1. The summed E-state index contributed by atoms with van der Waals surface area (Å²) in [6.45, 7) is 2.78. The lowest BCUT2D eigenvalue weighted by molar-refractivity contribution is 0.112. The van der Waals surface area contributed by atoms with E-state index in [1.165, 1.54) is 6.20 Å². The van der Waals surface area contributed by atoms with Gasteiger partial charge in [-0.15, -0.1) is 0 Å². The van der Waals surface area contributed by atoms with E-state index < -0.39 is 0 Å². The number of nitrogens with zero attached hydrogens (tertiary/aromatic N) is 2. The fraction of sp³-hybridized carbons (Fsp3) is 0.429. The van der Waals surface area contributed by atoms with Gasteiger partial charge in [0.2, 0.25) is 0 Å². The minimum absolute atomic E-state index is 0.432. The van der Waals surface area contributed by atoms with Crippen molar-refractivity contribution >= 4 is 17.9 Å². The smallest absolute Gasteiger partial charge is 0.154 e. The van der Waals surface area contributed by atoms with Gasteiger partial charge in [0.25, 0.3) is 0 Å². The van der Waals surface area contributed by atoms with Crippen molar-refractivity contribution in [2.24, 2.45) is 0 Å². The molecule has 1 aromatic rings. The molecule has 0 aliphatic heterocycles. The van der Waals surface area contributed by atoms with Crippen LogP contribution in [0.15, 0.2) is 6.20 Å². The van der Waals surface area contributed by atoms with E-state index in [1.807, 2.05) is 6.92 Å². The lowest BCUT2D eigenvalue weighted by Crippen LogP contribution is -1.98. The zero-order valence-electron chi connectivity index (χ0n) is 6.25. The van der Waals surface area contributed by atoms with Crippen LogP contribution in [-0.2, 0) is 6.54 Å². The van der Waals surface area contributed by atoms with E-state index in [-0.39, 0.29) is 0 Å². The van der Waals surface area contributed by atoms with Crippen LogP contribution in [0.1, 0.15) is 23.7 Å². The van der Waals surface area contributed by atoms with Crippen LogP contribution in [0.2, 0.25) is 5.15 Å². The number of carbonyl (C=O) groups is 1. The lowest BCUT2D eigenvalue weighted by Gasteiger charge is -1.97. The standard InChI is InChI=1S/C7H9ClN2O/c1-2-3-10-7(8)6(5-11)4-9-10/h4-5H,2-3H2,1H3. The van der Waals surface area contributed by atoms with E-state index >= 15 is 0 Å². The van der Waals surface area contributed by atoms with Gasteiger partial charge in [0, 0.05) is 6.54 Å². The zero-order chi connectivity index (χ0) is 8.27. The van der Waals surface area contributed by atoms with Crippen LogP contribution in [0.3, 0.4) is 0 Å². The van der Waals surface area contributed by atoms with Crippen LogP contribution in [-0.4, -0.2) is 16.1 Å². The molecule has 60 valence electrons. The number of aldehydes is 1. The van der Waals surface area contributed by atoms with Gasteiger partial charge in [-0.25, -0.2) is 0 Å². The van der Waals surface area contributed by atoms with E-state index in [0.717, 1.165) is 13.0 Å². The van der Waals surface area contributed by atoms with Crippen LogP contribution in [0, 0.1) is 0 Å². The van der Waals surface area contributed by atoms with Crippen LogP contribution in [0.5, 0.6) is 0 Å². The average Bonchev–Trinajstić information content (AvgIpc) is 2.34. The lowest BCUT2D eigenvalue weighted by atomic mass is 10.4. The molecule has 0 spiro atoms. The number of hydrogen-bond acceptors (Lipinski definition) is 2. The summed E-state index contributed by atoms with van der Waals surface area (Å²) in [4.78, 5) is 10.3. The molecule has 0 radical (unpaired) electrons. The van der Waals surface area contributed by atoms with Crippen LogP contribution in [0.25, 0.3) is 0 Å². The monoisotopic (exact) mass is 172 g/mol. The molecule has 1 rings (SSSR count). The van der Waals surface area contributed by atoms with Crippen molar-refractivity contribution in [2.45, 2.75) is 19.9 Å². The number of halogens is 1. The van der Waals surface area contributed by atoms with Crippen molar-refractivity contribution in [3.05, 3.63) is 16.9 Å². The van der Waals surface area contributed by atoms with Crippen LogP contribution < -0.4 is 0 Å². The molecule has 1 heterocycles. The Labute approximate surface area is 70.0 Å². The minimum Gasteiger partial charge on any atom is -0.298 e. The average molecular weight is 173 g/mol. The molecule has 0 amide bonds. The first-order chi connectivity index (χ1) is 5.29. The molecule has 11 heavy (non-hydrogen) atoms. The normalized spacial score (nSPS) is 10.0. The van der Waals surface area contributed by atoms with E-state index in [1.54, 1.807) is 4.68 Å². The Bertz CT molecular complexity index is 257. The van der Waals surface area contributed by atoms with Gasteiger partial charge in [0.1, 0.15) is 5.15 Å². The third kappa shape index (κ3) is 1.60. The number of aryl methyl sites for hydroxylation is 1. The molecule has 0 saturated heterocycles. The Morgan fingerprint density at radius 3 is 3.00 bits per heavy atom. The Kier molecular flexibility index (Phi) is 2.65. The van der Waals surface area contributed by atoms with Crippen molar-refractivity contribution in [1.82, 2.24) is 9.78 Å². The first kappa shape index (κ1) is 8.27. The molecule has 0 fully saturated rings. The summed E-state index contributed by atoms with van der Waals surface area (Å²) in [6, 6.07) is 0. The van der Waals surface area contributed by atoms with Crippen molar-refractivity contribution < 1.29 is 4.79 Å². The Hall–Kier alpha value is -0.830. The molecule has 0 saturated carbocycles. The van der Waals surface area contributed by atoms with Gasteiger partial charge >= 0.3 is 0 Å². The van der Waals surface area contributed by atoms with Gasteiger partial charge in [-0.05, 0) is 6.42 Å². The minimum atomic E-state index is 0.432. The second-order valence-electron chi connectivity index (χ2n) is 2.23. The van der Waals surface area contributed by atoms with E-state index in [0.29, 0.717) is 17.0 Å². The molecule has 0 bridgehead atoms. The van der Waals surface area contributed by atoms with Crippen LogP contribution >= 0.6 is 11.6 Å². The quantitative estimate of drug-likeness (QED) is 0.652. The third-order valence-electron chi connectivity index (χ3n) is 1.36. The Morgan fingerprint density at radius 2 is 2.55 bits per heavy atom. The van der Waals surface area contributed by atoms with Crippen molar-refractivity contribution in [1.29, 1.82) is 0 Å². The number of rotatable bonds is 3. The molecular formula is C7H9ClN2O.